The molecule has 1 aliphatic heterocycles. The number of ether oxygens (including phenoxy) is 1. The van der Waals surface area contributed by atoms with E-state index in [9.17, 15) is 9.59 Å². The number of rotatable bonds is 5. The largest absolute Gasteiger partial charge is 0.483 e. The van der Waals surface area contributed by atoms with Crippen LogP contribution in [0.2, 0.25) is 0 Å². The van der Waals surface area contributed by atoms with Crippen LogP contribution < -0.4 is 10.5 Å². The lowest BCUT2D eigenvalue weighted by Crippen LogP contribution is -2.34. The van der Waals surface area contributed by atoms with Gasteiger partial charge in [0.25, 0.3) is 11.8 Å². The molecule has 0 saturated carbocycles. The van der Waals surface area contributed by atoms with Gasteiger partial charge in [0, 0.05) is 6.54 Å². The molecule has 1 aliphatic rings. The number of hydrogen-bond donors (Lipinski definition) is 1. The molecule has 6 nitrogen and oxygen atoms in total. The third kappa shape index (κ3) is 3.50. The van der Waals surface area contributed by atoms with E-state index in [2.05, 4.69) is 0 Å². The number of hydrogen-bond acceptors (Lipinski definition) is 5. The monoisotopic (exact) mass is 381 g/mol. The van der Waals surface area contributed by atoms with Gasteiger partial charge in [-0.05, 0) is 37.1 Å². The first-order valence-electron chi connectivity index (χ1n) is 8.80. The van der Waals surface area contributed by atoms with E-state index < -0.39 is 5.91 Å². The van der Waals surface area contributed by atoms with Crippen LogP contribution in [0.25, 0.3) is 10.2 Å². The molecule has 0 aliphatic carbocycles. The number of nitrogens with two attached hydrogens (primary N) is 1. The van der Waals surface area contributed by atoms with Gasteiger partial charge >= 0.3 is 0 Å². The van der Waals surface area contributed by atoms with E-state index >= 15 is 0 Å². The molecule has 3 aromatic rings. The van der Waals surface area contributed by atoms with Crippen molar-refractivity contribution in [3.8, 4) is 5.75 Å². The number of likely N-dealkylation sites (tertiary alicyclic amines) is 1. The normalized spacial score (nSPS) is 16.6. The summed E-state index contributed by atoms with van der Waals surface area (Å²) in [4.78, 5) is 30.8. The number of amides is 2. The Bertz CT molecular complexity index is 968. The van der Waals surface area contributed by atoms with Crippen molar-refractivity contribution in [2.24, 2.45) is 5.73 Å². The van der Waals surface area contributed by atoms with E-state index in [0.717, 1.165) is 28.1 Å². The molecule has 0 spiro atoms. The Kier molecular flexibility index (Phi) is 4.77. The van der Waals surface area contributed by atoms with Gasteiger partial charge in [-0.2, -0.15) is 0 Å². The lowest BCUT2D eigenvalue weighted by atomic mass is 10.2. The zero-order chi connectivity index (χ0) is 18.8. The number of aromatic nitrogens is 1. The van der Waals surface area contributed by atoms with E-state index in [1.54, 1.807) is 35.6 Å². The van der Waals surface area contributed by atoms with Gasteiger partial charge < -0.3 is 15.4 Å². The fraction of sp³-hybridized carbons (Fsp3) is 0.250. The summed E-state index contributed by atoms with van der Waals surface area (Å²) >= 11 is 1.63. The summed E-state index contributed by atoms with van der Waals surface area (Å²) in [6.07, 6.45) is 1.83. The van der Waals surface area contributed by atoms with Gasteiger partial charge in [0.1, 0.15) is 10.8 Å². The highest BCUT2D eigenvalue weighted by Gasteiger charge is 2.32. The second-order valence-corrected chi connectivity index (χ2v) is 7.48. The van der Waals surface area contributed by atoms with Gasteiger partial charge in [-0.1, -0.05) is 24.3 Å². The van der Waals surface area contributed by atoms with Gasteiger partial charge in [0.2, 0.25) is 0 Å². The van der Waals surface area contributed by atoms with E-state index in [1.807, 2.05) is 29.2 Å². The molecule has 1 saturated heterocycles. The Hall–Kier alpha value is -2.93. The van der Waals surface area contributed by atoms with Crippen molar-refractivity contribution in [1.29, 1.82) is 0 Å². The maximum atomic E-state index is 12.8. The van der Waals surface area contributed by atoms with Crippen LogP contribution >= 0.6 is 11.3 Å². The molecule has 1 aromatic heterocycles. The van der Waals surface area contributed by atoms with Crippen molar-refractivity contribution in [2.75, 3.05) is 13.2 Å². The zero-order valence-electron chi connectivity index (χ0n) is 14.6. The Labute approximate surface area is 160 Å². The highest BCUT2D eigenvalue weighted by atomic mass is 32.1. The highest BCUT2D eigenvalue weighted by molar-refractivity contribution is 7.18. The third-order valence-corrected chi connectivity index (χ3v) is 5.81. The predicted molar refractivity (Wildman–Crippen MR) is 104 cm³/mol. The molecular formula is C20H19N3O3S. The van der Waals surface area contributed by atoms with Crippen molar-refractivity contribution in [1.82, 2.24) is 9.88 Å². The maximum absolute atomic E-state index is 12.8. The van der Waals surface area contributed by atoms with Crippen LogP contribution in [-0.4, -0.2) is 34.8 Å². The summed E-state index contributed by atoms with van der Waals surface area (Å²) in [7, 11) is 0. The number of carbonyl (C=O) groups excluding carboxylic acids is 2. The van der Waals surface area contributed by atoms with Crippen LogP contribution in [0.1, 0.15) is 34.2 Å². The Morgan fingerprint density at radius 3 is 2.78 bits per heavy atom. The van der Waals surface area contributed by atoms with E-state index in [-0.39, 0.29) is 24.1 Å². The van der Waals surface area contributed by atoms with Crippen molar-refractivity contribution in [3.63, 3.8) is 0 Å². The lowest BCUT2D eigenvalue weighted by Gasteiger charge is -2.23. The zero-order valence-corrected chi connectivity index (χ0v) is 15.4. The van der Waals surface area contributed by atoms with Gasteiger partial charge in [0.15, 0.2) is 6.61 Å². The molecule has 1 unspecified atom stereocenters. The summed E-state index contributed by atoms with van der Waals surface area (Å²) < 4.78 is 6.73. The molecule has 2 N–H and O–H groups in total. The Balaban J connectivity index is 1.49. The summed E-state index contributed by atoms with van der Waals surface area (Å²) in [5.41, 5.74) is 6.59. The van der Waals surface area contributed by atoms with Crippen molar-refractivity contribution in [3.05, 3.63) is 59.1 Å². The average Bonchev–Trinajstić information content (AvgIpc) is 3.32. The van der Waals surface area contributed by atoms with E-state index in [1.165, 1.54) is 0 Å². The first-order chi connectivity index (χ1) is 13.1. The first-order valence-corrected chi connectivity index (χ1v) is 9.61. The third-order valence-electron chi connectivity index (χ3n) is 4.67. The predicted octanol–water partition coefficient (Wildman–Crippen LogP) is 3.14. The topological polar surface area (TPSA) is 85.5 Å². The summed E-state index contributed by atoms with van der Waals surface area (Å²) in [5.74, 6) is -0.364. The van der Waals surface area contributed by atoms with Gasteiger partial charge in [-0.25, -0.2) is 4.98 Å². The fourth-order valence-electron chi connectivity index (χ4n) is 3.37. The number of nitrogens with zero attached hydrogens (tertiary/aromatic N) is 2. The molecule has 0 radical (unpaired) electrons. The van der Waals surface area contributed by atoms with E-state index in [4.69, 9.17) is 15.5 Å². The van der Waals surface area contributed by atoms with Crippen LogP contribution in [0, 0.1) is 0 Å². The average molecular weight is 381 g/mol. The number of benzene rings is 2. The second-order valence-electron chi connectivity index (χ2n) is 6.41. The van der Waals surface area contributed by atoms with Crippen LogP contribution in [0.15, 0.2) is 48.5 Å². The molecule has 1 fully saturated rings. The maximum Gasteiger partial charge on any atom is 0.261 e. The fourth-order valence-corrected chi connectivity index (χ4v) is 4.49. The minimum absolute atomic E-state index is 0.0233. The van der Waals surface area contributed by atoms with Crippen molar-refractivity contribution < 1.29 is 14.3 Å². The molecule has 7 heteroatoms. The SMILES string of the molecule is NC(=O)c1ccccc1OCC(=O)N1CCCC1c1nc2ccccc2s1. The van der Waals surface area contributed by atoms with Gasteiger partial charge in [0.05, 0.1) is 21.8 Å². The minimum Gasteiger partial charge on any atom is -0.483 e. The number of carbonyl (C=O) groups is 2. The molecule has 2 heterocycles. The molecule has 0 bridgehead atoms. The molecular weight excluding hydrogens is 362 g/mol. The quantitative estimate of drug-likeness (QED) is 0.736. The Morgan fingerprint density at radius 2 is 1.96 bits per heavy atom. The number of fused-ring (bicyclic) bond motifs is 1. The number of thiazole rings is 1. The van der Waals surface area contributed by atoms with Gasteiger partial charge in [-0.3, -0.25) is 9.59 Å². The molecule has 2 amide bonds. The first kappa shape index (κ1) is 17.5. The molecule has 4 rings (SSSR count). The molecule has 1 atom stereocenters. The van der Waals surface area contributed by atoms with Crippen LogP contribution in [0.4, 0.5) is 0 Å². The standard InChI is InChI=1S/C20H19N3O3S/c21-19(25)13-6-1-3-9-16(13)26-12-18(24)23-11-5-8-15(23)20-22-14-7-2-4-10-17(14)27-20/h1-4,6-7,9-10,15H,5,8,11-12H2,(H2,21,25). The number of primary amides is 1. The highest BCUT2D eigenvalue weighted by Crippen LogP contribution is 2.36. The van der Waals surface area contributed by atoms with Crippen LogP contribution in [-0.2, 0) is 4.79 Å². The lowest BCUT2D eigenvalue weighted by molar-refractivity contribution is -0.134. The Morgan fingerprint density at radius 1 is 1.19 bits per heavy atom. The number of para-hydroxylation sites is 2. The van der Waals surface area contributed by atoms with Crippen molar-refractivity contribution >= 4 is 33.4 Å². The van der Waals surface area contributed by atoms with Crippen molar-refractivity contribution in [2.45, 2.75) is 18.9 Å². The van der Waals surface area contributed by atoms with Gasteiger partial charge in [-0.15, -0.1) is 11.3 Å². The second kappa shape index (κ2) is 7.36. The summed E-state index contributed by atoms with van der Waals surface area (Å²) in [6.45, 7) is 0.548. The molecule has 27 heavy (non-hydrogen) atoms. The summed E-state index contributed by atoms with van der Waals surface area (Å²) in [5, 5.41) is 0.958. The van der Waals surface area contributed by atoms with Crippen LogP contribution in [0.3, 0.4) is 0 Å². The van der Waals surface area contributed by atoms with Crippen LogP contribution in [0.5, 0.6) is 5.75 Å². The molecule has 2 aromatic carbocycles. The van der Waals surface area contributed by atoms with E-state index in [0.29, 0.717) is 12.3 Å². The smallest absolute Gasteiger partial charge is 0.261 e. The molecule has 138 valence electrons. The summed E-state index contributed by atoms with van der Waals surface area (Å²) in [6, 6.07) is 14.6. The minimum atomic E-state index is -0.577.